The van der Waals surface area contributed by atoms with Crippen molar-refractivity contribution in [1.29, 1.82) is 0 Å². The van der Waals surface area contributed by atoms with Crippen LogP contribution in [0, 0.1) is 13.8 Å². The van der Waals surface area contributed by atoms with Crippen molar-refractivity contribution < 1.29 is 0 Å². The summed E-state index contributed by atoms with van der Waals surface area (Å²) in [5, 5.41) is 17.5. The van der Waals surface area contributed by atoms with Gasteiger partial charge in [0.1, 0.15) is 0 Å². The molecule has 0 aliphatic heterocycles. The molecule has 4 aromatic rings. The molecule has 112 valence electrons. The number of benzene rings is 3. The van der Waals surface area contributed by atoms with E-state index in [2.05, 4.69) is 69.9 Å². The van der Waals surface area contributed by atoms with Gasteiger partial charge in [0.25, 0.3) is 0 Å². The number of hydrogen-bond donors (Lipinski definition) is 0. The van der Waals surface area contributed by atoms with Crippen LogP contribution < -0.4 is 0 Å². The number of rotatable bonds is 2. The largest absolute Gasteiger partial charge is 0.202 e. The standard InChI is InChI=1S/C19H16N4/c1-13-21-22-14(2)23(13)20-12-19-17-9-5-3-7-15(17)11-16-8-4-6-10-18(16)19/h3-12H,1-2H3/b20-12-. The van der Waals surface area contributed by atoms with E-state index in [1.807, 2.05) is 20.1 Å². The lowest BCUT2D eigenvalue weighted by molar-refractivity contribution is 0.799. The van der Waals surface area contributed by atoms with Crippen molar-refractivity contribution in [3.8, 4) is 0 Å². The third-order valence-electron chi connectivity index (χ3n) is 4.07. The molecule has 0 aliphatic carbocycles. The van der Waals surface area contributed by atoms with Gasteiger partial charge in [0.15, 0.2) is 11.6 Å². The van der Waals surface area contributed by atoms with Crippen LogP contribution in [0.4, 0.5) is 0 Å². The highest BCUT2D eigenvalue weighted by Crippen LogP contribution is 2.27. The average Bonchev–Trinajstić information content (AvgIpc) is 2.90. The highest BCUT2D eigenvalue weighted by molar-refractivity contribution is 6.13. The third-order valence-corrected chi connectivity index (χ3v) is 4.07. The molecule has 4 nitrogen and oxygen atoms in total. The molecule has 3 aromatic carbocycles. The molecule has 1 aromatic heterocycles. The second-order valence-electron chi connectivity index (χ2n) is 5.58. The maximum absolute atomic E-state index is 4.60. The topological polar surface area (TPSA) is 43.1 Å². The van der Waals surface area contributed by atoms with Crippen LogP contribution in [0.5, 0.6) is 0 Å². The number of aromatic nitrogens is 3. The zero-order valence-corrected chi connectivity index (χ0v) is 13.1. The molecule has 0 radical (unpaired) electrons. The molecule has 0 amide bonds. The zero-order chi connectivity index (χ0) is 15.8. The second kappa shape index (κ2) is 5.32. The van der Waals surface area contributed by atoms with Crippen LogP contribution in [0.15, 0.2) is 59.7 Å². The van der Waals surface area contributed by atoms with Gasteiger partial charge in [0, 0.05) is 5.56 Å². The van der Waals surface area contributed by atoms with E-state index < -0.39 is 0 Å². The van der Waals surface area contributed by atoms with Crippen molar-refractivity contribution in [2.24, 2.45) is 5.10 Å². The van der Waals surface area contributed by atoms with E-state index in [4.69, 9.17) is 0 Å². The van der Waals surface area contributed by atoms with E-state index in [0.29, 0.717) is 0 Å². The van der Waals surface area contributed by atoms with Gasteiger partial charge in [-0.25, -0.2) is 4.68 Å². The fraction of sp³-hybridized carbons (Fsp3) is 0.105. The van der Waals surface area contributed by atoms with Crippen LogP contribution in [-0.2, 0) is 0 Å². The average molecular weight is 300 g/mol. The van der Waals surface area contributed by atoms with E-state index >= 15 is 0 Å². The van der Waals surface area contributed by atoms with Gasteiger partial charge in [-0.1, -0.05) is 48.5 Å². The molecule has 0 N–H and O–H groups in total. The van der Waals surface area contributed by atoms with Crippen molar-refractivity contribution in [1.82, 2.24) is 14.9 Å². The highest BCUT2D eigenvalue weighted by Gasteiger charge is 2.06. The van der Waals surface area contributed by atoms with Gasteiger partial charge in [-0.05, 0) is 41.5 Å². The summed E-state index contributed by atoms with van der Waals surface area (Å²) in [7, 11) is 0. The van der Waals surface area contributed by atoms with Crippen LogP contribution in [0.1, 0.15) is 17.2 Å². The predicted molar refractivity (Wildman–Crippen MR) is 93.9 cm³/mol. The number of nitrogens with zero attached hydrogens (tertiary/aromatic N) is 4. The lowest BCUT2D eigenvalue weighted by Gasteiger charge is -2.08. The Labute approximate surface area is 134 Å². The van der Waals surface area contributed by atoms with Crippen LogP contribution in [-0.4, -0.2) is 21.1 Å². The minimum Gasteiger partial charge on any atom is -0.202 e. The Kier molecular flexibility index (Phi) is 3.15. The van der Waals surface area contributed by atoms with E-state index in [9.17, 15) is 0 Å². The van der Waals surface area contributed by atoms with Crippen molar-refractivity contribution in [3.63, 3.8) is 0 Å². The van der Waals surface area contributed by atoms with Crippen LogP contribution in [0.2, 0.25) is 0 Å². The highest BCUT2D eigenvalue weighted by atomic mass is 15.4. The van der Waals surface area contributed by atoms with Gasteiger partial charge in [-0.2, -0.15) is 5.10 Å². The third kappa shape index (κ3) is 2.28. The van der Waals surface area contributed by atoms with Gasteiger partial charge in [-0.15, -0.1) is 10.2 Å². The van der Waals surface area contributed by atoms with E-state index in [1.165, 1.54) is 21.5 Å². The summed E-state index contributed by atoms with van der Waals surface area (Å²) >= 11 is 0. The van der Waals surface area contributed by atoms with E-state index in [1.54, 1.807) is 4.68 Å². The summed E-state index contributed by atoms with van der Waals surface area (Å²) in [5.74, 6) is 1.56. The summed E-state index contributed by atoms with van der Waals surface area (Å²) in [4.78, 5) is 0. The first-order chi connectivity index (χ1) is 11.2. The lowest BCUT2D eigenvalue weighted by Crippen LogP contribution is -1.97. The first-order valence-electron chi connectivity index (χ1n) is 7.57. The minimum absolute atomic E-state index is 0.781. The predicted octanol–water partition coefficient (Wildman–Crippen LogP) is 4.08. The monoisotopic (exact) mass is 300 g/mol. The fourth-order valence-electron chi connectivity index (χ4n) is 2.93. The molecule has 0 saturated heterocycles. The Bertz CT molecular complexity index is 970. The van der Waals surface area contributed by atoms with Crippen LogP contribution in [0.25, 0.3) is 21.5 Å². The molecule has 0 fully saturated rings. The molecular weight excluding hydrogens is 284 g/mol. The number of aryl methyl sites for hydroxylation is 2. The maximum Gasteiger partial charge on any atom is 0.151 e. The molecule has 0 aliphatic rings. The summed E-state index contributed by atoms with van der Waals surface area (Å²) in [6.07, 6.45) is 1.91. The number of hydrogen-bond acceptors (Lipinski definition) is 3. The van der Waals surface area contributed by atoms with Gasteiger partial charge < -0.3 is 0 Å². The van der Waals surface area contributed by atoms with Gasteiger partial charge in [0.2, 0.25) is 0 Å². The summed E-state index contributed by atoms with van der Waals surface area (Å²) < 4.78 is 1.76. The molecule has 0 atom stereocenters. The first-order valence-corrected chi connectivity index (χ1v) is 7.57. The fourth-order valence-corrected chi connectivity index (χ4v) is 2.93. The van der Waals surface area contributed by atoms with E-state index in [-0.39, 0.29) is 0 Å². The SMILES string of the molecule is Cc1nnc(C)n1/N=C\c1c2ccccc2cc2ccccc12. The van der Waals surface area contributed by atoms with Crippen molar-refractivity contribution in [3.05, 3.63) is 71.8 Å². The van der Waals surface area contributed by atoms with Crippen molar-refractivity contribution in [2.75, 3.05) is 0 Å². The van der Waals surface area contributed by atoms with Crippen molar-refractivity contribution in [2.45, 2.75) is 13.8 Å². The smallest absolute Gasteiger partial charge is 0.151 e. The molecule has 1 heterocycles. The molecule has 0 spiro atoms. The van der Waals surface area contributed by atoms with Crippen molar-refractivity contribution >= 4 is 27.8 Å². The lowest BCUT2D eigenvalue weighted by atomic mass is 9.97. The Balaban J connectivity index is 2.00. The summed E-state index contributed by atoms with van der Waals surface area (Å²) in [6, 6.07) is 19.0. The second-order valence-corrected chi connectivity index (χ2v) is 5.58. The Morgan fingerprint density at radius 2 is 1.35 bits per heavy atom. The number of fused-ring (bicyclic) bond motifs is 2. The van der Waals surface area contributed by atoms with E-state index in [0.717, 1.165) is 17.2 Å². The van der Waals surface area contributed by atoms with Gasteiger partial charge in [0.05, 0.1) is 6.21 Å². The zero-order valence-electron chi connectivity index (χ0n) is 13.1. The first kappa shape index (κ1) is 13.6. The molecule has 0 bridgehead atoms. The normalized spacial score (nSPS) is 11.7. The minimum atomic E-state index is 0.781. The Hall–Kier alpha value is -3.01. The molecule has 4 heteroatoms. The Morgan fingerprint density at radius 3 is 1.91 bits per heavy atom. The quantitative estimate of drug-likeness (QED) is 0.413. The Morgan fingerprint density at radius 1 is 0.826 bits per heavy atom. The van der Waals surface area contributed by atoms with Gasteiger partial charge in [-0.3, -0.25) is 0 Å². The molecule has 0 unspecified atom stereocenters. The van der Waals surface area contributed by atoms with Gasteiger partial charge >= 0.3 is 0 Å². The summed E-state index contributed by atoms with van der Waals surface area (Å²) in [5.41, 5.74) is 1.12. The molecule has 23 heavy (non-hydrogen) atoms. The maximum atomic E-state index is 4.60. The van der Waals surface area contributed by atoms with Crippen LogP contribution >= 0.6 is 0 Å². The molecular formula is C19H16N4. The molecule has 0 saturated carbocycles. The summed E-state index contributed by atoms with van der Waals surface area (Å²) in [6.45, 7) is 3.80. The van der Waals surface area contributed by atoms with Crippen LogP contribution in [0.3, 0.4) is 0 Å². The molecule has 4 rings (SSSR count).